The minimum absolute atomic E-state index is 0.401. The van der Waals surface area contributed by atoms with Crippen molar-refractivity contribution in [2.45, 2.75) is 26.4 Å². The Bertz CT molecular complexity index is 681. The summed E-state index contributed by atoms with van der Waals surface area (Å²) in [6.45, 7) is 5.40. The lowest BCUT2D eigenvalue weighted by molar-refractivity contribution is 0.0636. The van der Waals surface area contributed by atoms with E-state index in [0.717, 1.165) is 11.1 Å². The molecule has 0 atom stereocenters. The van der Waals surface area contributed by atoms with Crippen LogP contribution in [0.2, 0.25) is 0 Å². The summed E-state index contributed by atoms with van der Waals surface area (Å²) in [6.07, 6.45) is 2.53. The number of rotatable bonds is 2. The van der Waals surface area contributed by atoms with Gasteiger partial charge in [0.05, 0.1) is 0 Å². The predicted octanol–water partition coefficient (Wildman–Crippen LogP) is 2.78. The molecule has 21 heavy (non-hydrogen) atoms. The molecular formula is C15H17N3O3. The monoisotopic (exact) mass is 287 g/mol. The van der Waals surface area contributed by atoms with Crippen LogP contribution in [-0.2, 0) is 4.74 Å². The molecule has 0 saturated heterocycles. The van der Waals surface area contributed by atoms with Gasteiger partial charge in [-0.2, -0.15) is 0 Å². The molecule has 0 aliphatic heterocycles. The molecule has 1 aromatic carbocycles. The normalized spacial score (nSPS) is 11.0. The number of anilines is 1. The van der Waals surface area contributed by atoms with Crippen LogP contribution >= 0.6 is 0 Å². The van der Waals surface area contributed by atoms with Gasteiger partial charge in [-0.05, 0) is 38.5 Å². The van der Waals surface area contributed by atoms with E-state index in [4.69, 9.17) is 4.74 Å². The summed E-state index contributed by atoms with van der Waals surface area (Å²) in [5.74, 6) is 0. The molecule has 0 saturated carbocycles. The Morgan fingerprint density at radius 3 is 2.67 bits per heavy atom. The molecule has 0 aliphatic carbocycles. The molecule has 1 heterocycles. The highest BCUT2D eigenvalue weighted by atomic mass is 16.6. The first-order chi connectivity index (χ1) is 9.83. The maximum Gasteiger partial charge on any atom is 0.412 e. The molecule has 6 heteroatoms. The van der Waals surface area contributed by atoms with Crippen LogP contribution in [0.4, 0.5) is 10.5 Å². The van der Waals surface area contributed by atoms with Crippen LogP contribution in [0.15, 0.2) is 41.5 Å². The van der Waals surface area contributed by atoms with Crippen LogP contribution in [0.25, 0.3) is 11.1 Å². The topological polar surface area (TPSA) is 84.1 Å². The number of carbonyl (C=O) groups is 1. The summed E-state index contributed by atoms with van der Waals surface area (Å²) in [6, 6.07) is 7.19. The van der Waals surface area contributed by atoms with Crippen LogP contribution in [-0.4, -0.2) is 21.7 Å². The SMILES string of the molecule is CC(C)(C)OC(=O)Nc1cccc(-c2cnc(=O)[nH]c2)c1. The first kappa shape index (κ1) is 14.8. The maximum atomic E-state index is 11.7. The van der Waals surface area contributed by atoms with Gasteiger partial charge in [-0.1, -0.05) is 12.1 Å². The summed E-state index contributed by atoms with van der Waals surface area (Å²) in [7, 11) is 0. The summed E-state index contributed by atoms with van der Waals surface area (Å²) in [5, 5.41) is 2.67. The molecule has 0 bridgehead atoms. The Balaban J connectivity index is 2.16. The number of amides is 1. The van der Waals surface area contributed by atoms with E-state index in [1.807, 2.05) is 6.07 Å². The number of ether oxygens (including phenoxy) is 1. The van der Waals surface area contributed by atoms with Crippen LogP contribution < -0.4 is 11.0 Å². The average Bonchev–Trinajstić information content (AvgIpc) is 2.37. The first-order valence-electron chi connectivity index (χ1n) is 6.49. The molecule has 1 aromatic heterocycles. The largest absolute Gasteiger partial charge is 0.444 e. The standard InChI is InChI=1S/C15H17N3O3/c1-15(2,3)21-14(20)18-12-6-4-5-10(7-12)11-8-16-13(19)17-9-11/h4-9H,1-3H3,(H,18,20)(H,16,17,19). The van der Waals surface area contributed by atoms with Crippen molar-refractivity contribution in [3.05, 3.63) is 47.1 Å². The molecule has 0 fully saturated rings. The zero-order valence-corrected chi connectivity index (χ0v) is 12.1. The van der Waals surface area contributed by atoms with E-state index in [0.29, 0.717) is 5.69 Å². The second-order valence-electron chi connectivity index (χ2n) is 5.52. The summed E-state index contributed by atoms with van der Waals surface area (Å²) in [5.41, 5.74) is 1.23. The van der Waals surface area contributed by atoms with Gasteiger partial charge < -0.3 is 9.72 Å². The van der Waals surface area contributed by atoms with Gasteiger partial charge in [-0.25, -0.2) is 14.6 Å². The Labute approximate surface area is 122 Å². The third-order valence-electron chi connectivity index (χ3n) is 2.51. The van der Waals surface area contributed by atoms with Gasteiger partial charge in [0.25, 0.3) is 0 Å². The van der Waals surface area contributed by atoms with Gasteiger partial charge in [-0.3, -0.25) is 5.32 Å². The minimum atomic E-state index is -0.551. The highest BCUT2D eigenvalue weighted by Gasteiger charge is 2.16. The fraction of sp³-hybridized carbons (Fsp3) is 0.267. The third kappa shape index (κ3) is 4.45. The number of benzene rings is 1. The zero-order chi connectivity index (χ0) is 15.5. The van der Waals surface area contributed by atoms with Crippen molar-refractivity contribution in [2.75, 3.05) is 5.32 Å². The molecule has 0 aliphatic rings. The molecule has 1 amide bonds. The van der Waals surface area contributed by atoms with Crippen molar-refractivity contribution < 1.29 is 9.53 Å². The minimum Gasteiger partial charge on any atom is -0.444 e. The fourth-order valence-corrected chi connectivity index (χ4v) is 1.70. The highest BCUT2D eigenvalue weighted by molar-refractivity contribution is 5.86. The number of carbonyl (C=O) groups excluding carboxylic acids is 1. The van der Waals surface area contributed by atoms with Crippen molar-refractivity contribution in [2.24, 2.45) is 0 Å². The number of nitrogens with zero attached hydrogens (tertiary/aromatic N) is 1. The Morgan fingerprint density at radius 2 is 2.05 bits per heavy atom. The van der Waals surface area contributed by atoms with E-state index in [2.05, 4.69) is 15.3 Å². The molecule has 0 radical (unpaired) electrons. The Hall–Kier alpha value is -2.63. The molecule has 0 unspecified atom stereocenters. The van der Waals surface area contributed by atoms with Gasteiger partial charge in [0.2, 0.25) is 0 Å². The van der Waals surface area contributed by atoms with Crippen molar-refractivity contribution in [1.82, 2.24) is 9.97 Å². The van der Waals surface area contributed by atoms with Gasteiger partial charge in [0.15, 0.2) is 0 Å². The lowest BCUT2D eigenvalue weighted by Crippen LogP contribution is -2.27. The second-order valence-corrected chi connectivity index (χ2v) is 5.52. The van der Waals surface area contributed by atoms with Crippen LogP contribution in [0.5, 0.6) is 0 Å². The van der Waals surface area contributed by atoms with Crippen molar-refractivity contribution in [3.63, 3.8) is 0 Å². The van der Waals surface area contributed by atoms with E-state index >= 15 is 0 Å². The van der Waals surface area contributed by atoms with Crippen LogP contribution in [0, 0.1) is 0 Å². The van der Waals surface area contributed by atoms with E-state index in [-0.39, 0.29) is 0 Å². The van der Waals surface area contributed by atoms with E-state index in [9.17, 15) is 9.59 Å². The first-order valence-corrected chi connectivity index (χ1v) is 6.49. The molecule has 2 N–H and O–H groups in total. The number of H-pyrrole nitrogens is 1. The van der Waals surface area contributed by atoms with Crippen LogP contribution in [0.1, 0.15) is 20.8 Å². The van der Waals surface area contributed by atoms with Gasteiger partial charge >= 0.3 is 11.8 Å². The lowest BCUT2D eigenvalue weighted by Gasteiger charge is -2.19. The molecule has 110 valence electrons. The molecule has 2 rings (SSSR count). The number of aromatic amines is 1. The smallest absolute Gasteiger partial charge is 0.412 e. The highest BCUT2D eigenvalue weighted by Crippen LogP contribution is 2.21. The molecule has 6 nitrogen and oxygen atoms in total. The second kappa shape index (κ2) is 5.78. The molecule has 0 spiro atoms. The quantitative estimate of drug-likeness (QED) is 0.889. The number of nitrogens with one attached hydrogen (secondary N) is 2. The Morgan fingerprint density at radius 1 is 1.29 bits per heavy atom. The van der Waals surface area contributed by atoms with Crippen molar-refractivity contribution in [1.29, 1.82) is 0 Å². The van der Waals surface area contributed by atoms with E-state index in [1.54, 1.807) is 45.2 Å². The number of hydrogen-bond acceptors (Lipinski definition) is 4. The van der Waals surface area contributed by atoms with Crippen LogP contribution in [0.3, 0.4) is 0 Å². The summed E-state index contributed by atoms with van der Waals surface area (Å²) in [4.78, 5) is 28.9. The molecule has 2 aromatic rings. The maximum absolute atomic E-state index is 11.7. The summed E-state index contributed by atoms with van der Waals surface area (Å²) >= 11 is 0. The molecular weight excluding hydrogens is 270 g/mol. The predicted molar refractivity (Wildman–Crippen MR) is 80.2 cm³/mol. The van der Waals surface area contributed by atoms with E-state index < -0.39 is 17.4 Å². The zero-order valence-electron chi connectivity index (χ0n) is 12.1. The number of hydrogen-bond donors (Lipinski definition) is 2. The number of aromatic nitrogens is 2. The fourth-order valence-electron chi connectivity index (χ4n) is 1.70. The van der Waals surface area contributed by atoms with Crippen molar-refractivity contribution >= 4 is 11.8 Å². The lowest BCUT2D eigenvalue weighted by atomic mass is 10.1. The summed E-state index contributed by atoms with van der Waals surface area (Å²) < 4.78 is 5.19. The third-order valence-corrected chi connectivity index (χ3v) is 2.51. The van der Waals surface area contributed by atoms with Crippen molar-refractivity contribution in [3.8, 4) is 11.1 Å². The van der Waals surface area contributed by atoms with E-state index in [1.165, 1.54) is 6.20 Å². The Kier molecular flexibility index (Phi) is 4.07. The van der Waals surface area contributed by atoms with Gasteiger partial charge in [0.1, 0.15) is 5.60 Å². The average molecular weight is 287 g/mol. The van der Waals surface area contributed by atoms with Gasteiger partial charge in [-0.15, -0.1) is 0 Å². The van der Waals surface area contributed by atoms with Gasteiger partial charge in [0, 0.05) is 23.6 Å².